The van der Waals surface area contributed by atoms with E-state index in [1.165, 1.54) is 19.3 Å². The van der Waals surface area contributed by atoms with Gasteiger partial charge in [0.15, 0.2) is 5.13 Å². The summed E-state index contributed by atoms with van der Waals surface area (Å²) in [5, 5.41) is 17.2. The first-order chi connectivity index (χ1) is 11.7. The first kappa shape index (κ1) is 16.1. The van der Waals surface area contributed by atoms with Crippen molar-refractivity contribution >= 4 is 22.2 Å². The molecule has 4 nitrogen and oxygen atoms in total. The van der Waals surface area contributed by atoms with Gasteiger partial charge in [-0.1, -0.05) is 31.0 Å². The van der Waals surface area contributed by atoms with Gasteiger partial charge in [-0.05, 0) is 31.4 Å². The van der Waals surface area contributed by atoms with E-state index in [-0.39, 0.29) is 0 Å². The highest BCUT2D eigenvalue weighted by Gasteiger charge is 2.42. The first-order valence-electron chi connectivity index (χ1n) is 8.92. The van der Waals surface area contributed by atoms with E-state index in [0.29, 0.717) is 5.92 Å². The van der Waals surface area contributed by atoms with Crippen molar-refractivity contribution in [3.63, 3.8) is 0 Å². The van der Waals surface area contributed by atoms with Crippen LogP contribution in [0.4, 0.5) is 10.8 Å². The molecule has 1 aliphatic heterocycles. The van der Waals surface area contributed by atoms with Gasteiger partial charge in [0.25, 0.3) is 0 Å². The van der Waals surface area contributed by atoms with E-state index < -0.39 is 5.60 Å². The van der Waals surface area contributed by atoms with Crippen LogP contribution < -0.4 is 5.32 Å². The van der Waals surface area contributed by atoms with Gasteiger partial charge in [0.1, 0.15) is 0 Å². The largest absolute Gasteiger partial charge is 0.390 e. The number of para-hydroxylation sites is 1. The highest BCUT2D eigenvalue weighted by Crippen LogP contribution is 2.40. The van der Waals surface area contributed by atoms with Gasteiger partial charge in [0.2, 0.25) is 0 Å². The molecule has 2 fully saturated rings. The monoisotopic (exact) mass is 343 g/mol. The lowest BCUT2D eigenvalue weighted by molar-refractivity contribution is -0.0969. The summed E-state index contributed by atoms with van der Waals surface area (Å²) >= 11 is 1.66. The molecule has 1 aromatic heterocycles. The molecule has 0 bridgehead atoms. The molecular weight excluding hydrogens is 318 g/mol. The molecule has 2 atom stereocenters. The van der Waals surface area contributed by atoms with Gasteiger partial charge in [-0.3, -0.25) is 4.90 Å². The highest BCUT2D eigenvalue weighted by atomic mass is 32.1. The molecule has 4 rings (SSSR count). The van der Waals surface area contributed by atoms with E-state index in [1.54, 1.807) is 11.3 Å². The molecular formula is C19H25N3OS. The van der Waals surface area contributed by atoms with Crippen molar-refractivity contribution in [3.8, 4) is 0 Å². The summed E-state index contributed by atoms with van der Waals surface area (Å²) in [6.07, 6.45) is 5.53. The second-order valence-electron chi connectivity index (χ2n) is 7.17. The minimum absolute atomic E-state index is 0.392. The topological polar surface area (TPSA) is 48.4 Å². The smallest absolute Gasteiger partial charge is 0.187 e. The average Bonchev–Trinajstić information content (AvgIpc) is 3.03. The fraction of sp³-hybridized carbons (Fsp3) is 0.526. The highest BCUT2D eigenvalue weighted by molar-refractivity contribution is 7.13. The van der Waals surface area contributed by atoms with E-state index in [4.69, 9.17) is 4.98 Å². The van der Waals surface area contributed by atoms with Crippen molar-refractivity contribution < 1.29 is 5.11 Å². The minimum Gasteiger partial charge on any atom is -0.390 e. The zero-order chi connectivity index (χ0) is 16.4. The zero-order valence-electron chi connectivity index (χ0n) is 13.9. The Morgan fingerprint density at radius 2 is 2.12 bits per heavy atom. The Kier molecular flexibility index (Phi) is 4.57. The predicted molar refractivity (Wildman–Crippen MR) is 98.6 cm³/mol. The summed E-state index contributed by atoms with van der Waals surface area (Å²) in [7, 11) is 0. The van der Waals surface area contributed by atoms with Crippen LogP contribution in [0.1, 0.15) is 37.8 Å². The van der Waals surface area contributed by atoms with Crippen LogP contribution in [-0.4, -0.2) is 33.7 Å². The van der Waals surface area contributed by atoms with E-state index >= 15 is 0 Å². The third-order valence-electron chi connectivity index (χ3n) is 5.47. The predicted octanol–water partition coefficient (Wildman–Crippen LogP) is 4.01. The van der Waals surface area contributed by atoms with Crippen LogP contribution >= 0.6 is 11.3 Å². The molecule has 24 heavy (non-hydrogen) atoms. The molecule has 1 saturated carbocycles. The standard InChI is InChI=1S/C19H25N3OS/c23-19-9-5-4-6-15(19)12-22(11-10-19)13-17-14-24-18(21-17)20-16-7-2-1-3-8-16/h1-3,7-8,14-15,23H,4-6,9-13H2,(H,20,21)/t15-,19-/m0/s1. The maximum Gasteiger partial charge on any atom is 0.187 e. The molecule has 0 amide bonds. The molecule has 2 heterocycles. The van der Waals surface area contributed by atoms with Crippen molar-refractivity contribution in [2.45, 2.75) is 44.2 Å². The molecule has 0 unspecified atom stereocenters. The third kappa shape index (κ3) is 3.48. The Bertz CT molecular complexity index is 674. The number of nitrogens with zero attached hydrogens (tertiary/aromatic N) is 2. The summed E-state index contributed by atoms with van der Waals surface area (Å²) in [4.78, 5) is 7.19. The molecule has 2 aromatic rings. The molecule has 1 aromatic carbocycles. The number of rotatable bonds is 4. The van der Waals surface area contributed by atoms with Crippen LogP contribution in [0.5, 0.6) is 0 Å². The van der Waals surface area contributed by atoms with Crippen LogP contribution in [0.25, 0.3) is 0 Å². The number of aromatic nitrogens is 1. The van der Waals surface area contributed by atoms with E-state index in [2.05, 4.69) is 27.7 Å². The number of thiazole rings is 1. The average molecular weight is 343 g/mol. The molecule has 5 heteroatoms. The van der Waals surface area contributed by atoms with Crippen molar-refractivity contribution in [3.05, 3.63) is 41.4 Å². The summed E-state index contributed by atoms with van der Waals surface area (Å²) in [6, 6.07) is 10.2. The molecule has 0 spiro atoms. The lowest BCUT2D eigenvalue weighted by Gasteiger charge is -2.47. The third-order valence-corrected chi connectivity index (χ3v) is 6.28. The lowest BCUT2D eigenvalue weighted by atomic mass is 9.71. The van der Waals surface area contributed by atoms with E-state index in [9.17, 15) is 5.11 Å². The van der Waals surface area contributed by atoms with Gasteiger partial charge in [-0.2, -0.15) is 0 Å². The Labute approximate surface area is 147 Å². The lowest BCUT2D eigenvalue weighted by Crippen LogP contribution is -2.52. The number of hydrogen-bond acceptors (Lipinski definition) is 5. The zero-order valence-corrected chi connectivity index (χ0v) is 14.8. The summed E-state index contributed by atoms with van der Waals surface area (Å²) < 4.78 is 0. The van der Waals surface area contributed by atoms with E-state index in [0.717, 1.165) is 49.0 Å². The quantitative estimate of drug-likeness (QED) is 0.880. The van der Waals surface area contributed by atoms with Gasteiger partial charge < -0.3 is 10.4 Å². The maximum atomic E-state index is 10.8. The molecule has 1 saturated heterocycles. The van der Waals surface area contributed by atoms with Gasteiger partial charge >= 0.3 is 0 Å². The van der Waals surface area contributed by atoms with Crippen molar-refractivity contribution in [2.75, 3.05) is 18.4 Å². The Balaban J connectivity index is 1.36. The number of fused-ring (bicyclic) bond motifs is 1. The molecule has 128 valence electrons. The second-order valence-corrected chi connectivity index (χ2v) is 8.02. The van der Waals surface area contributed by atoms with Gasteiger partial charge in [-0.25, -0.2) is 4.98 Å². The molecule has 0 radical (unpaired) electrons. The Hall–Kier alpha value is -1.43. The number of nitrogens with one attached hydrogen (secondary N) is 1. The van der Waals surface area contributed by atoms with Crippen molar-refractivity contribution in [2.24, 2.45) is 5.92 Å². The number of aliphatic hydroxyl groups is 1. The number of piperidine rings is 1. The number of benzene rings is 1. The fourth-order valence-corrected chi connectivity index (χ4v) is 4.82. The van der Waals surface area contributed by atoms with Crippen LogP contribution in [-0.2, 0) is 6.54 Å². The van der Waals surface area contributed by atoms with Crippen LogP contribution in [0, 0.1) is 5.92 Å². The number of anilines is 2. The summed E-state index contributed by atoms with van der Waals surface area (Å²) in [5.74, 6) is 0.445. The number of likely N-dealkylation sites (tertiary alicyclic amines) is 1. The summed E-state index contributed by atoms with van der Waals surface area (Å²) in [5.41, 5.74) is 1.81. The van der Waals surface area contributed by atoms with Crippen LogP contribution in [0.15, 0.2) is 35.7 Å². The Morgan fingerprint density at radius 3 is 3.00 bits per heavy atom. The van der Waals surface area contributed by atoms with Crippen molar-refractivity contribution in [1.82, 2.24) is 9.88 Å². The summed E-state index contributed by atoms with van der Waals surface area (Å²) in [6.45, 7) is 2.88. The van der Waals surface area contributed by atoms with Gasteiger partial charge in [-0.15, -0.1) is 11.3 Å². The second kappa shape index (κ2) is 6.82. The maximum absolute atomic E-state index is 10.8. The Morgan fingerprint density at radius 1 is 1.25 bits per heavy atom. The molecule has 2 N–H and O–H groups in total. The van der Waals surface area contributed by atoms with Gasteiger partial charge in [0.05, 0.1) is 11.3 Å². The van der Waals surface area contributed by atoms with Crippen molar-refractivity contribution in [1.29, 1.82) is 0 Å². The molecule has 2 aliphatic rings. The fourth-order valence-electron chi connectivity index (χ4n) is 4.09. The molecule has 1 aliphatic carbocycles. The minimum atomic E-state index is -0.392. The number of hydrogen-bond donors (Lipinski definition) is 2. The van der Waals surface area contributed by atoms with Gasteiger partial charge in [0, 0.05) is 36.6 Å². The van der Waals surface area contributed by atoms with Crippen LogP contribution in [0.2, 0.25) is 0 Å². The first-order valence-corrected chi connectivity index (χ1v) is 9.80. The van der Waals surface area contributed by atoms with Crippen LogP contribution in [0.3, 0.4) is 0 Å². The van der Waals surface area contributed by atoms with E-state index in [1.807, 2.05) is 18.2 Å². The SMILES string of the molecule is O[C@]12CCCC[C@H]1CN(Cc1csc(Nc3ccccc3)n1)CC2. The normalized spacial score (nSPS) is 27.6.